The maximum Gasteiger partial charge on any atom is 0.227 e. The SMILES string of the molecule is CC1CC(Nc2ccccc2SCC(N)=O)CCO1. The Hall–Kier alpha value is -1.20. The van der Waals surface area contributed by atoms with Crippen LogP contribution in [0.15, 0.2) is 29.2 Å². The lowest BCUT2D eigenvalue weighted by Crippen LogP contribution is -2.32. The van der Waals surface area contributed by atoms with E-state index in [4.69, 9.17) is 10.5 Å². The van der Waals surface area contributed by atoms with Crippen molar-refractivity contribution >= 4 is 23.4 Å². The number of para-hydroxylation sites is 1. The number of thioether (sulfide) groups is 1. The topological polar surface area (TPSA) is 64.3 Å². The number of hydrogen-bond acceptors (Lipinski definition) is 4. The summed E-state index contributed by atoms with van der Waals surface area (Å²) in [6.07, 6.45) is 2.32. The molecule has 1 heterocycles. The summed E-state index contributed by atoms with van der Waals surface area (Å²) in [5.41, 5.74) is 6.27. The highest BCUT2D eigenvalue weighted by atomic mass is 32.2. The molecule has 0 spiro atoms. The normalized spacial score (nSPS) is 23.0. The van der Waals surface area contributed by atoms with Crippen molar-refractivity contribution in [2.75, 3.05) is 17.7 Å². The average Bonchev–Trinajstić information content (AvgIpc) is 2.38. The first-order valence-electron chi connectivity index (χ1n) is 6.53. The van der Waals surface area contributed by atoms with Crippen LogP contribution < -0.4 is 11.1 Å². The van der Waals surface area contributed by atoms with Crippen molar-refractivity contribution in [2.24, 2.45) is 5.73 Å². The molecule has 0 aromatic heterocycles. The molecule has 1 fully saturated rings. The summed E-state index contributed by atoms with van der Waals surface area (Å²) in [6.45, 7) is 2.90. The molecule has 1 saturated heterocycles. The lowest BCUT2D eigenvalue weighted by Gasteiger charge is -2.29. The highest BCUT2D eigenvalue weighted by Gasteiger charge is 2.19. The molecule has 1 aliphatic heterocycles. The van der Waals surface area contributed by atoms with Gasteiger partial charge in [0.25, 0.3) is 0 Å². The van der Waals surface area contributed by atoms with E-state index in [9.17, 15) is 4.79 Å². The first-order chi connectivity index (χ1) is 9.15. The Morgan fingerprint density at radius 1 is 1.53 bits per heavy atom. The van der Waals surface area contributed by atoms with Gasteiger partial charge in [-0.1, -0.05) is 12.1 Å². The Morgan fingerprint density at radius 3 is 3.05 bits per heavy atom. The number of carbonyl (C=O) groups excluding carboxylic acids is 1. The van der Waals surface area contributed by atoms with Crippen LogP contribution in [0.2, 0.25) is 0 Å². The number of nitrogens with one attached hydrogen (secondary N) is 1. The van der Waals surface area contributed by atoms with Crippen molar-refractivity contribution in [3.8, 4) is 0 Å². The van der Waals surface area contributed by atoms with Crippen molar-refractivity contribution in [2.45, 2.75) is 36.8 Å². The fraction of sp³-hybridized carbons (Fsp3) is 0.500. The van der Waals surface area contributed by atoms with E-state index in [0.717, 1.165) is 30.0 Å². The van der Waals surface area contributed by atoms with E-state index in [2.05, 4.69) is 12.2 Å². The third-order valence-corrected chi connectivity index (χ3v) is 4.20. The summed E-state index contributed by atoms with van der Waals surface area (Å²) < 4.78 is 5.55. The van der Waals surface area contributed by atoms with Gasteiger partial charge in [0.15, 0.2) is 0 Å². The molecule has 1 aromatic carbocycles. The van der Waals surface area contributed by atoms with Crippen molar-refractivity contribution in [1.29, 1.82) is 0 Å². The molecule has 0 aliphatic carbocycles. The fourth-order valence-electron chi connectivity index (χ4n) is 2.21. The second-order valence-corrected chi connectivity index (χ2v) is 5.82. The van der Waals surface area contributed by atoms with Crippen LogP contribution in [0, 0.1) is 0 Å². The van der Waals surface area contributed by atoms with Crippen LogP contribution in [0.3, 0.4) is 0 Å². The molecule has 1 amide bonds. The van der Waals surface area contributed by atoms with Gasteiger partial charge in [-0.3, -0.25) is 4.79 Å². The Balaban J connectivity index is 2.00. The van der Waals surface area contributed by atoms with Gasteiger partial charge in [-0.15, -0.1) is 11.8 Å². The van der Waals surface area contributed by atoms with Gasteiger partial charge in [0, 0.05) is 23.2 Å². The molecule has 5 heteroatoms. The number of hydrogen-bond donors (Lipinski definition) is 2. The van der Waals surface area contributed by atoms with Crippen LogP contribution in [0.25, 0.3) is 0 Å². The van der Waals surface area contributed by atoms with Crippen molar-refractivity contribution in [3.05, 3.63) is 24.3 Å². The van der Waals surface area contributed by atoms with Gasteiger partial charge < -0.3 is 15.8 Å². The summed E-state index contributed by atoms with van der Waals surface area (Å²) in [4.78, 5) is 12.0. The number of carbonyl (C=O) groups is 1. The number of primary amides is 1. The van der Waals surface area contributed by atoms with Crippen molar-refractivity contribution in [1.82, 2.24) is 0 Å². The molecule has 1 aliphatic rings. The standard InChI is InChI=1S/C14H20N2O2S/c1-10-8-11(6-7-18-10)16-12-4-2-3-5-13(12)19-9-14(15)17/h2-5,10-11,16H,6-9H2,1H3,(H2,15,17). The zero-order valence-corrected chi connectivity index (χ0v) is 11.9. The van der Waals surface area contributed by atoms with Gasteiger partial charge in [-0.25, -0.2) is 0 Å². The average molecular weight is 280 g/mol. The first kappa shape index (κ1) is 14.2. The summed E-state index contributed by atoms with van der Waals surface area (Å²) >= 11 is 1.48. The molecule has 0 saturated carbocycles. The number of rotatable bonds is 5. The van der Waals surface area contributed by atoms with Gasteiger partial charge in [0.2, 0.25) is 5.91 Å². The minimum atomic E-state index is -0.292. The largest absolute Gasteiger partial charge is 0.381 e. The van der Waals surface area contributed by atoms with E-state index in [1.807, 2.05) is 24.3 Å². The molecule has 2 unspecified atom stereocenters. The van der Waals surface area contributed by atoms with E-state index in [0.29, 0.717) is 17.9 Å². The van der Waals surface area contributed by atoms with Gasteiger partial charge in [-0.05, 0) is 31.9 Å². The van der Waals surface area contributed by atoms with E-state index in [-0.39, 0.29) is 5.91 Å². The molecule has 3 N–H and O–H groups in total. The predicted octanol–water partition coefficient (Wildman–Crippen LogP) is 2.24. The summed E-state index contributed by atoms with van der Waals surface area (Å²) in [5.74, 6) is 0.0163. The highest BCUT2D eigenvalue weighted by molar-refractivity contribution is 8.00. The second-order valence-electron chi connectivity index (χ2n) is 4.80. The second kappa shape index (κ2) is 6.82. The molecular formula is C14H20N2O2S. The van der Waals surface area contributed by atoms with Crippen LogP contribution in [0.1, 0.15) is 19.8 Å². The van der Waals surface area contributed by atoms with Crippen LogP contribution in [-0.2, 0) is 9.53 Å². The molecule has 0 bridgehead atoms. The lowest BCUT2D eigenvalue weighted by molar-refractivity contribution is -0.115. The first-order valence-corrected chi connectivity index (χ1v) is 7.52. The van der Waals surface area contributed by atoms with E-state index in [1.54, 1.807) is 0 Å². The number of ether oxygens (including phenoxy) is 1. The number of amides is 1. The van der Waals surface area contributed by atoms with Crippen molar-refractivity contribution < 1.29 is 9.53 Å². The third kappa shape index (κ3) is 4.44. The highest BCUT2D eigenvalue weighted by Crippen LogP contribution is 2.29. The van der Waals surface area contributed by atoms with E-state index < -0.39 is 0 Å². The third-order valence-electron chi connectivity index (χ3n) is 3.10. The molecule has 0 radical (unpaired) electrons. The smallest absolute Gasteiger partial charge is 0.227 e. The number of nitrogens with two attached hydrogens (primary N) is 1. The van der Waals surface area contributed by atoms with Gasteiger partial charge in [-0.2, -0.15) is 0 Å². The minimum absolute atomic E-state index is 0.292. The van der Waals surface area contributed by atoms with Gasteiger partial charge in [0.05, 0.1) is 11.9 Å². The van der Waals surface area contributed by atoms with Gasteiger partial charge >= 0.3 is 0 Å². The van der Waals surface area contributed by atoms with Crippen LogP contribution in [0.4, 0.5) is 5.69 Å². The quantitative estimate of drug-likeness (QED) is 0.812. The molecule has 2 rings (SSSR count). The summed E-state index contributed by atoms with van der Waals surface area (Å²) in [6, 6.07) is 8.46. The van der Waals surface area contributed by atoms with Gasteiger partial charge in [0.1, 0.15) is 0 Å². The zero-order chi connectivity index (χ0) is 13.7. The van der Waals surface area contributed by atoms with Crippen molar-refractivity contribution in [3.63, 3.8) is 0 Å². The van der Waals surface area contributed by atoms with Crippen LogP contribution in [-0.4, -0.2) is 30.4 Å². The summed E-state index contributed by atoms with van der Waals surface area (Å²) in [7, 11) is 0. The Labute approximate surface area is 118 Å². The Kier molecular flexibility index (Phi) is 5.10. The zero-order valence-electron chi connectivity index (χ0n) is 11.1. The lowest BCUT2D eigenvalue weighted by atomic mass is 10.0. The van der Waals surface area contributed by atoms with E-state index in [1.165, 1.54) is 11.8 Å². The molecular weight excluding hydrogens is 260 g/mol. The van der Waals surface area contributed by atoms with E-state index >= 15 is 0 Å². The van der Waals surface area contributed by atoms with Crippen LogP contribution >= 0.6 is 11.8 Å². The Bertz CT molecular complexity index is 439. The molecule has 1 aromatic rings. The maximum absolute atomic E-state index is 10.9. The molecule has 4 nitrogen and oxygen atoms in total. The molecule has 2 atom stereocenters. The number of anilines is 1. The predicted molar refractivity (Wildman–Crippen MR) is 78.4 cm³/mol. The fourth-order valence-corrected chi connectivity index (χ4v) is 2.96. The van der Waals surface area contributed by atoms with Crippen LogP contribution in [0.5, 0.6) is 0 Å². The monoisotopic (exact) mass is 280 g/mol. The minimum Gasteiger partial charge on any atom is -0.381 e. The number of benzene rings is 1. The maximum atomic E-state index is 10.9. The summed E-state index contributed by atoms with van der Waals surface area (Å²) in [5, 5.41) is 3.55. The Morgan fingerprint density at radius 2 is 2.32 bits per heavy atom. The molecule has 19 heavy (non-hydrogen) atoms. The molecule has 104 valence electrons.